The molecule has 2 rings (SSSR count). The fourth-order valence-electron chi connectivity index (χ4n) is 3.40. The van der Waals surface area contributed by atoms with E-state index >= 15 is 0 Å². The molecule has 0 heterocycles. The number of nitrogens with zero attached hydrogens (tertiary/aromatic N) is 1. The van der Waals surface area contributed by atoms with Gasteiger partial charge in [-0.05, 0) is 49.9 Å². The van der Waals surface area contributed by atoms with E-state index in [9.17, 15) is 5.11 Å². The summed E-state index contributed by atoms with van der Waals surface area (Å²) < 4.78 is 0. The van der Waals surface area contributed by atoms with Gasteiger partial charge in [-0.15, -0.1) is 0 Å². The Bertz CT molecular complexity index is 367. The lowest BCUT2D eigenvalue weighted by Gasteiger charge is -2.32. The Morgan fingerprint density at radius 3 is 2.37 bits per heavy atom. The maximum atomic E-state index is 9.40. The number of phenolic OH excluding ortho intramolecular Hbond substituents is 1. The van der Waals surface area contributed by atoms with Gasteiger partial charge >= 0.3 is 0 Å². The van der Waals surface area contributed by atoms with Crippen LogP contribution in [0.15, 0.2) is 24.3 Å². The van der Waals surface area contributed by atoms with Gasteiger partial charge in [0.2, 0.25) is 0 Å². The van der Waals surface area contributed by atoms with Crippen LogP contribution in [-0.2, 0) is 0 Å². The van der Waals surface area contributed by atoms with Gasteiger partial charge < -0.3 is 5.11 Å². The number of hydrogen-bond acceptors (Lipinski definition) is 2. The van der Waals surface area contributed by atoms with E-state index in [4.69, 9.17) is 0 Å². The summed E-state index contributed by atoms with van der Waals surface area (Å²) in [6.45, 7) is 3.45. The molecular formula is C17H27NO. The summed E-state index contributed by atoms with van der Waals surface area (Å²) in [4.78, 5) is 2.50. The van der Waals surface area contributed by atoms with Gasteiger partial charge in [0.05, 0.1) is 0 Å². The van der Waals surface area contributed by atoms with Gasteiger partial charge in [0, 0.05) is 12.6 Å². The van der Waals surface area contributed by atoms with Crippen molar-refractivity contribution in [2.24, 2.45) is 5.92 Å². The second-order valence-electron chi connectivity index (χ2n) is 5.96. The van der Waals surface area contributed by atoms with E-state index in [0.717, 1.165) is 12.3 Å². The Morgan fingerprint density at radius 2 is 1.79 bits per heavy atom. The molecule has 1 atom stereocenters. The minimum Gasteiger partial charge on any atom is -0.508 e. The fraction of sp³-hybridized carbons (Fsp3) is 0.647. The molecule has 19 heavy (non-hydrogen) atoms. The molecular weight excluding hydrogens is 234 g/mol. The lowest BCUT2D eigenvalue weighted by molar-refractivity contribution is 0.178. The highest BCUT2D eigenvalue weighted by molar-refractivity contribution is 5.28. The molecule has 0 radical (unpaired) electrons. The monoisotopic (exact) mass is 261 g/mol. The third-order valence-electron chi connectivity index (χ3n) is 4.47. The predicted octanol–water partition coefficient (Wildman–Crippen LogP) is 4.36. The summed E-state index contributed by atoms with van der Waals surface area (Å²) in [5, 5.41) is 9.40. The predicted molar refractivity (Wildman–Crippen MR) is 80.3 cm³/mol. The van der Waals surface area contributed by atoms with Crippen LogP contribution >= 0.6 is 0 Å². The highest BCUT2D eigenvalue weighted by Gasteiger charge is 2.20. The first-order valence-electron chi connectivity index (χ1n) is 7.70. The van der Waals surface area contributed by atoms with E-state index in [1.807, 2.05) is 0 Å². The SMILES string of the molecule is CCC(c1ccc(O)cc1)N(C)CC1CCCCC1. The van der Waals surface area contributed by atoms with E-state index in [1.54, 1.807) is 12.1 Å². The Morgan fingerprint density at radius 1 is 1.16 bits per heavy atom. The van der Waals surface area contributed by atoms with E-state index in [-0.39, 0.29) is 0 Å². The van der Waals surface area contributed by atoms with E-state index < -0.39 is 0 Å². The molecule has 0 aliphatic heterocycles. The molecule has 1 aromatic carbocycles. The van der Waals surface area contributed by atoms with Crippen LogP contribution in [0.2, 0.25) is 0 Å². The van der Waals surface area contributed by atoms with Gasteiger partial charge in [-0.2, -0.15) is 0 Å². The van der Waals surface area contributed by atoms with Crippen LogP contribution < -0.4 is 0 Å². The van der Waals surface area contributed by atoms with Crippen molar-refractivity contribution in [2.45, 2.75) is 51.5 Å². The lowest BCUT2D eigenvalue weighted by Crippen LogP contribution is -2.30. The summed E-state index contributed by atoms with van der Waals surface area (Å²) in [5.74, 6) is 1.23. The fourth-order valence-corrected chi connectivity index (χ4v) is 3.40. The van der Waals surface area contributed by atoms with E-state index in [2.05, 4.69) is 31.0 Å². The maximum Gasteiger partial charge on any atom is 0.115 e. The zero-order valence-electron chi connectivity index (χ0n) is 12.3. The number of benzene rings is 1. The van der Waals surface area contributed by atoms with Crippen molar-refractivity contribution < 1.29 is 5.11 Å². The van der Waals surface area contributed by atoms with Gasteiger partial charge in [0.25, 0.3) is 0 Å². The molecule has 0 aromatic heterocycles. The molecule has 0 saturated heterocycles. The summed E-state index contributed by atoms with van der Waals surface area (Å²) >= 11 is 0. The molecule has 0 bridgehead atoms. The van der Waals surface area contributed by atoms with Crippen LogP contribution in [0.1, 0.15) is 57.1 Å². The average Bonchev–Trinajstić information content (AvgIpc) is 2.43. The minimum absolute atomic E-state index is 0.355. The molecule has 1 saturated carbocycles. The van der Waals surface area contributed by atoms with Crippen molar-refractivity contribution in [2.75, 3.05) is 13.6 Å². The van der Waals surface area contributed by atoms with Crippen molar-refractivity contribution in [3.8, 4) is 5.75 Å². The summed E-state index contributed by atoms with van der Waals surface area (Å²) in [5.41, 5.74) is 1.32. The van der Waals surface area contributed by atoms with Crippen LogP contribution in [0, 0.1) is 5.92 Å². The topological polar surface area (TPSA) is 23.5 Å². The molecule has 1 aliphatic rings. The quantitative estimate of drug-likeness (QED) is 0.851. The largest absolute Gasteiger partial charge is 0.508 e. The first-order chi connectivity index (χ1) is 9.20. The third kappa shape index (κ3) is 3.97. The van der Waals surface area contributed by atoms with E-state index in [0.29, 0.717) is 11.8 Å². The molecule has 1 N–H and O–H groups in total. The van der Waals surface area contributed by atoms with Crippen molar-refractivity contribution >= 4 is 0 Å². The van der Waals surface area contributed by atoms with E-state index in [1.165, 1.54) is 44.2 Å². The maximum absolute atomic E-state index is 9.40. The molecule has 0 spiro atoms. The third-order valence-corrected chi connectivity index (χ3v) is 4.47. The smallest absolute Gasteiger partial charge is 0.115 e. The molecule has 1 fully saturated rings. The summed E-state index contributed by atoms with van der Waals surface area (Å²) in [7, 11) is 2.25. The molecule has 106 valence electrons. The Balaban J connectivity index is 1.97. The molecule has 1 aromatic rings. The van der Waals surface area contributed by atoms with Gasteiger partial charge in [0.15, 0.2) is 0 Å². The van der Waals surface area contributed by atoms with Gasteiger partial charge in [-0.3, -0.25) is 4.90 Å². The van der Waals surface area contributed by atoms with Crippen LogP contribution in [0.3, 0.4) is 0 Å². The normalized spacial score (nSPS) is 18.7. The van der Waals surface area contributed by atoms with Crippen LogP contribution in [-0.4, -0.2) is 23.6 Å². The van der Waals surface area contributed by atoms with Crippen molar-refractivity contribution in [3.05, 3.63) is 29.8 Å². The highest BCUT2D eigenvalue weighted by Crippen LogP contribution is 2.29. The standard InChI is InChI=1S/C17H27NO/c1-3-17(15-9-11-16(19)12-10-15)18(2)13-14-7-5-4-6-8-14/h9-12,14,17,19H,3-8,13H2,1-2H3. The summed E-state index contributed by atoms with van der Waals surface area (Å²) in [6, 6.07) is 8.18. The Labute approximate surface area is 117 Å². The van der Waals surface area contributed by atoms with Crippen molar-refractivity contribution in [1.82, 2.24) is 4.90 Å². The second kappa shape index (κ2) is 6.95. The van der Waals surface area contributed by atoms with Gasteiger partial charge in [0.1, 0.15) is 5.75 Å². The van der Waals surface area contributed by atoms with Crippen LogP contribution in [0.5, 0.6) is 5.75 Å². The first-order valence-corrected chi connectivity index (χ1v) is 7.70. The first kappa shape index (κ1) is 14.4. The number of phenols is 1. The van der Waals surface area contributed by atoms with Gasteiger partial charge in [-0.25, -0.2) is 0 Å². The zero-order valence-corrected chi connectivity index (χ0v) is 12.3. The molecule has 1 unspecified atom stereocenters. The van der Waals surface area contributed by atoms with Gasteiger partial charge in [-0.1, -0.05) is 38.3 Å². The van der Waals surface area contributed by atoms with Crippen LogP contribution in [0.4, 0.5) is 0 Å². The highest BCUT2D eigenvalue weighted by atomic mass is 16.3. The zero-order chi connectivity index (χ0) is 13.7. The second-order valence-corrected chi connectivity index (χ2v) is 5.96. The van der Waals surface area contributed by atoms with Crippen LogP contribution in [0.25, 0.3) is 0 Å². The Hall–Kier alpha value is -1.02. The van der Waals surface area contributed by atoms with Crippen molar-refractivity contribution in [3.63, 3.8) is 0 Å². The number of rotatable bonds is 5. The average molecular weight is 261 g/mol. The molecule has 2 nitrogen and oxygen atoms in total. The molecule has 2 heteroatoms. The van der Waals surface area contributed by atoms with Crippen molar-refractivity contribution in [1.29, 1.82) is 0 Å². The number of aromatic hydroxyl groups is 1. The molecule has 0 amide bonds. The Kier molecular flexibility index (Phi) is 5.26. The summed E-state index contributed by atoms with van der Waals surface area (Å²) in [6.07, 6.45) is 8.17. The molecule has 1 aliphatic carbocycles. The lowest BCUT2D eigenvalue weighted by atomic mass is 9.88. The number of hydrogen-bond donors (Lipinski definition) is 1. The minimum atomic E-state index is 0.355.